The highest BCUT2D eigenvalue weighted by molar-refractivity contribution is 7.86. The molecule has 22 heteroatoms. The molecular formula is C30H21ClN7O11S3-3. The molecule has 1 aliphatic carbocycles. The molecular weight excluding hydrogens is 766 g/mol. The van der Waals surface area contributed by atoms with E-state index < -0.39 is 63.0 Å². The molecule has 0 atom stereocenters. The standard InChI is InChI=1S/C29H20ClN7O8S2.CH4O3S/c30-27-35-28(33-14-6-2-1-3-7-14)37-29(36-27)34-18-11-10-15(12-20(18)46(40,41)42)32-19-13-21(47(43,44)45)24(31)23-22(19)25(38)16-8-4-5-9-17(16)26(23)39;1-5(2,3)4/h1-13,32H,31H2,(H,40,41,42)(H,43,44,45)(H2,33,34,35,36,37);1H3,(H,2,3,4)/p-3. The van der Waals surface area contributed by atoms with Gasteiger partial charge in [0.2, 0.25) is 17.2 Å². The average Bonchev–Trinajstić information content (AvgIpc) is 3.03. The molecule has 270 valence electrons. The molecule has 18 nitrogen and oxygen atoms in total. The molecule has 0 saturated carbocycles. The average molecular weight is 787 g/mol. The fourth-order valence-corrected chi connectivity index (χ4v) is 6.35. The van der Waals surface area contributed by atoms with Crippen LogP contribution in [0.25, 0.3) is 0 Å². The van der Waals surface area contributed by atoms with Crippen LogP contribution in [-0.2, 0) is 30.4 Å². The molecule has 0 unspecified atom stereocenters. The van der Waals surface area contributed by atoms with Crippen LogP contribution in [0.4, 0.5) is 40.3 Å². The molecule has 6 rings (SSSR count). The van der Waals surface area contributed by atoms with Crippen LogP contribution in [0.1, 0.15) is 31.8 Å². The van der Waals surface area contributed by atoms with Gasteiger partial charge >= 0.3 is 0 Å². The van der Waals surface area contributed by atoms with Crippen LogP contribution in [0, 0.1) is 0 Å². The lowest BCUT2D eigenvalue weighted by atomic mass is 9.82. The van der Waals surface area contributed by atoms with E-state index in [2.05, 4.69) is 30.9 Å². The molecule has 0 bridgehead atoms. The maximum Gasteiger partial charge on any atom is 0.233 e. The lowest BCUT2D eigenvalue weighted by Gasteiger charge is -2.25. The third-order valence-corrected chi connectivity index (χ3v) is 8.81. The quantitative estimate of drug-likeness (QED) is 0.127. The van der Waals surface area contributed by atoms with Gasteiger partial charge in [0.25, 0.3) is 0 Å². The lowest BCUT2D eigenvalue weighted by molar-refractivity contribution is 0.0980. The van der Waals surface area contributed by atoms with Crippen LogP contribution in [0.15, 0.2) is 88.7 Å². The number of benzene rings is 4. The Kier molecular flexibility index (Phi) is 10.3. The number of halogens is 1. The first-order valence-corrected chi connectivity index (χ1v) is 19.1. The minimum absolute atomic E-state index is 0.00144. The van der Waals surface area contributed by atoms with Crippen molar-refractivity contribution in [3.05, 3.63) is 106 Å². The van der Waals surface area contributed by atoms with E-state index in [-0.39, 0.29) is 50.9 Å². The summed E-state index contributed by atoms with van der Waals surface area (Å²) in [5, 5.41) is 7.93. The number of rotatable bonds is 8. The highest BCUT2D eigenvalue weighted by Gasteiger charge is 2.35. The van der Waals surface area contributed by atoms with E-state index in [1.165, 1.54) is 30.3 Å². The Morgan fingerprint density at radius 2 is 1.13 bits per heavy atom. The molecule has 0 fully saturated rings. The molecule has 0 radical (unpaired) electrons. The van der Waals surface area contributed by atoms with Gasteiger partial charge in [-0.3, -0.25) is 9.59 Å². The normalized spacial score (nSPS) is 12.6. The summed E-state index contributed by atoms with van der Waals surface area (Å²) in [7, 11) is -14.4. The molecule has 0 saturated heterocycles. The van der Waals surface area contributed by atoms with Gasteiger partial charge in [-0.05, 0) is 48.0 Å². The van der Waals surface area contributed by atoms with Crippen LogP contribution >= 0.6 is 11.6 Å². The van der Waals surface area contributed by atoms with E-state index in [4.69, 9.17) is 30.3 Å². The molecule has 1 aliphatic rings. The second-order valence-corrected chi connectivity index (χ2v) is 15.0. The number of nitrogens with one attached hydrogen (secondary N) is 3. The minimum atomic E-state index is -5.27. The van der Waals surface area contributed by atoms with Crippen LogP contribution in [0.5, 0.6) is 0 Å². The van der Waals surface area contributed by atoms with Crippen molar-refractivity contribution < 1.29 is 48.5 Å². The van der Waals surface area contributed by atoms with Gasteiger partial charge < -0.3 is 35.3 Å². The summed E-state index contributed by atoms with van der Waals surface area (Å²) in [6.07, 6.45) is 0.604. The van der Waals surface area contributed by atoms with Gasteiger partial charge in [0.1, 0.15) is 20.2 Å². The number of carbonyl (C=O) groups is 2. The maximum atomic E-state index is 13.6. The Morgan fingerprint density at radius 1 is 0.615 bits per heavy atom. The number of aromatic nitrogens is 3. The van der Waals surface area contributed by atoms with Crippen molar-refractivity contribution in [2.75, 3.05) is 27.9 Å². The van der Waals surface area contributed by atoms with E-state index in [1.54, 1.807) is 30.3 Å². The minimum Gasteiger partial charge on any atom is -0.748 e. The monoisotopic (exact) mass is 786 g/mol. The topological polar surface area (TPSA) is 307 Å². The predicted molar refractivity (Wildman–Crippen MR) is 183 cm³/mol. The number of nitrogen functional groups attached to an aromatic ring is 1. The summed E-state index contributed by atoms with van der Waals surface area (Å²) in [4.78, 5) is 37.2. The van der Waals surface area contributed by atoms with Crippen molar-refractivity contribution >= 4 is 93.9 Å². The summed E-state index contributed by atoms with van der Waals surface area (Å²) in [5.74, 6) is -1.75. The Balaban J connectivity index is 0.000000979. The largest absolute Gasteiger partial charge is 0.748 e. The zero-order valence-corrected chi connectivity index (χ0v) is 29.2. The van der Waals surface area contributed by atoms with Gasteiger partial charge in [-0.1, -0.05) is 42.5 Å². The molecule has 0 aliphatic heterocycles. The van der Waals surface area contributed by atoms with Gasteiger partial charge in [-0.2, -0.15) is 15.0 Å². The van der Waals surface area contributed by atoms with Crippen LogP contribution < -0.4 is 21.7 Å². The first-order valence-electron chi connectivity index (χ1n) is 14.1. The van der Waals surface area contributed by atoms with Gasteiger partial charge in [0, 0.05) is 28.8 Å². The summed E-state index contributed by atoms with van der Waals surface area (Å²) < 4.78 is 101. The number of nitrogens with zero attached hydrogens (tertiary/aromatic N) is 3. The van der Waals surface area contributed by atoms with Crippen molar-refractivity contribution in [2.45, 2.75) is 9.79 Å². The fraction of sp³-hybridized carbons (Fsp3) is 0.0333. The van der Waals surface area contributed by atoms with Gasteiger partial charge in [0.05, 0.1) is 48.1 Å². The van der Waals surface area contributed by atoms with E-state index in [0.717, 1.165) is 18.2 Å². The van der Waals surface area contributed by atoms with Gasteiger partial charge in [0.15, 0.2) is 11.6 Å². The molecule has 4 aromatic carbocycles. The first kappa shape index (κ1) is 37.7. The summed E-state index contributed by atoms with van der Waals surface area (Å²) >= 11 is 6.04. The van der Waals surface area contributed by atoms with Crippen LogP contribution in [-0.4, -0.2) is 71.7 Å². The number of para-hydroxylation sites is 1. The van der Waals surface area contributed by atoms with E-state index in [9.17, 15) is 35.5 Å². The number of anilines is 7. The molecule has 1 heterocycles. The Labute approximate surface area is 300 Å². The summed E-state index contributed by atoms with van der Waals surface area (Å²) in [6.45, 7) is 0. The van der Waals surface area contributed by atoms with Crippen molar-refractivity contribution in [3.8, 4) is 0 Å². The van der Waals surface area contributed by atoms with Gasteiger partial charge in [-0.25, -0.2) is 25.3 Å². The van der Waals surface area contributed by atoms with Crippen molar-refractivity contribution in [1.82, 2.24) is 15.0 Å². The molecule has 52 heavy (non-hydrogen) atoms. The number of carbonyl (C=O) groups excluding carboxylic acids is 2. The van der Waals surface area contributed by atoms with Crippen molar-refractivity contribution in [2.24, 2.45) is 0 Å². The highest BCUT2D eigenvalue weighted by atomic mass is 35.5. The zero-order valence-electron chi connectivity index (χ0n) is 26.0. The Bertz CT molecular complexity index is 2600. The summed E-state index contributed by atoms with van der Waals surface area (Å²) in [5.41, 5.74) is 4.14. The smallest absolute Gasteiger partial charge is 0.233 e. The van der Waals surface area contributed by atoms with Crippen LogP contribution in [0.3, 0.4) is 0 Å². The molecule has 5 N–H and O–H groups in total. The molecule has 0 spiro atoms. The second-order valence-electron chi connectivity index (χ2n) is 10.6. The van der Waals surface area contributed by atoms with Crippen molar-refractivity contribution in [3.63, 3.8) is 0 Å². The Morgan fingerprint density at radius 3 is 1.69 bits per heavy atom. The van der Waals surface area contributed by atoms with E-state index in [1.807, 2.05) is 0 Å². The number of ketones is 2. The third kappa shape index (κ3) is 8.66. The second kappa shape index (κ2) is 14.2. The Hall–Kier alpha value is -5.55. The first-order chi connectivity index (χ1) is 24.2. The number of fused-ring (bicyclic) bond motifs is 2. The molecule has 1 aromatic heterocycles. The third-order valence-electron chi connectivity index (χ3n) is 6.88. The number of nitrogens with two attached hydrogens (primary N) is 1. The van der Waals surface area contributed by atoms with Crippen molar-refractivity contribution in [1.29, 1.82) is 0 Å². The molecule has 0 amide bonds. The van der Waals surface area contributed by atoms with Gasteiger partial charge in [-0.15, -0.1) is 0 Å². The number of hydrogen-bond donors (Lipinski definition) is 4. The molecule has 5 aromatic rings. The highest BCUT2D eigenvalue weighted by Crippen LogP contribution is 2.40. The zero-order chi connectivity index (χ0) is 38.2. The fourth-order valence-electron chi connectivity index (χ4n) is 4.90. The lowest BCUT2D eigenvalue weighted by Crippen LogP contribution is -2.25. The van der Waals surface area contributed by atoms with Crippen LogP contribution in [0.2, 0.25) is 5.28 Å². The van der Waals surface area contributed by atoms with E-state index >= 15 is 0 Å². The predicted octanol–water partition coefficient (Wildman–Crippen LogP) is 3.08. The maximum absolute atomic E-state index is 13.6. The summed E-state index contributed by atoms with van der Waals surface area (Å²) in [6, 6.07) is 18.6. The number of hydrogen-bond acceptors (Lipinski definition) is 18. The van der Waals surface area contributed by atoms with E-state index in [0.29, 0.717) is 11.9 Å². The SMILES string of the molecule is CS(=O)(=O)[O-].Nc1c(S(=O)(=O)[O-])cc(Nc2ccc(Nc3nc(Cl)nc(Nc4ccccc4)n3)c(S(=O)(=O)[O-])c2)c2c1C(=O)c1ccccc1C2=O.